The zero-order chi connectivity index (χ0) is 15.6. The molecule has 0 saturated carbocycles. The number of halogens is 2. The molecule has 5 heteroatoms. The Hall–Kier alpha value is -2.43. The number of carbonyl (C=O) groups is 2. The van der Waals surface area contributed by atoms with Gasteiger partial charge in [0.2, 0.25) is 0 Å². The number of benzene rings is 1. The van der Waals surface area contributed by atoms with E-state index in [9.17, 15) is 18.4 Å². The van der Waals surface area contributed by atoms with Crippen molar-refractivity contribution >= 4 is 11.6 Å². The SMILES string of the molecule is CC(=O)C(C(C)=O)c1cccnc1-c1ccc(F)cc1F. The summed E-state index contributed by atoms with van der Waals surface area (Å²) in [4.78, 5) is 27.5. The highest BCUT2D eigenvalue weighted by Crippen LogP contribution is 2.30. The van der Waals surface area contributed by atoms with Crippen LogP contribution < -0.4 is 0 Å². The first-order valence-corrected chi connectivity index (χ1v) is 6.33. The van der Waals surface area contributed by atoms with E-state index in [1.54, 1.807) is 12.1 Å². The molecule has 0 spiro atoms. The van der Waals surface area contributed by atoms with E-state index in [1.807, 2.05) is 0 Å². The molecule has 0 aliphatic heterocycles. The third-order valence-electron chi connectivity index (χ3n) is 3.15. The first-order chi connectivity index (χ1) is 9.91. The molecule has 1 aromatic heterocycles. The molecule has 2 rings (SSSR count). The van der Waals surface area contributed by atoms with Crippen LogP contribution in [0.25, 0.3) is 11.3 Å². The van der Waals surface area contributed by atoms with Crippen molar-refractivity contribution in [2.75, 3.05) is 0 Å². The Morgan fingerprint density at radius 3 is 2.33 bits per heavy atom. The van der Waals surface area contributed by atoms with Crippen LogP contribution in [0.4, 0.5) is 8.78 Å². The number of ketones is 2. The minimum absolute atomic E-state index is 0.0551. The zero-order valence-corrected chi connectivity index (χ0v) is 11.6. The van der Waals surface area contributed by atoms with Crippen LogP contribution in [0.15, 0.2) is 36.5 Å². The average molecular weight is 289 g/mol. The van der Waals surface area contributed by atoms with Crippen LogP contribution in [0.3, 0.4) is 0 Å². The van der Waals surface area contributed by atoms with Gasteiger partial charge in [-0.1, -0.05) is 6.07 Å². The predicted molar refractivity (Wildman–Crippen MR) is 73.7 cm³/mol. The second-order valence-corrected chi connectivity index (χ2v) is 4.72. The van der Waals surface area contributed by atoms with Crippen LogP contribution in [0.2, 0.25) is 0 Å². The van der Waals surface area contributed by atoms with Gasteiger partial charge in [-0.2, -0.15) is 0 Å². The summed E-state index contributed by atoms with van der Waals surface area (Å²) in [5.74, 6) is -3.19. The van der Waals surface area contributed by atoms with Crippen molar-refractivity contribution in [3.63, 3.8) is 0 Å². The Balaban J connectivity index is 2.65. The third kappa shape index (κ3) is 3.02. The summed E-state index contributed by atoms with van der Waals surface area (Å²) in [7, 11) is 0. The Morgan fingerprint density at radius 1 is 1.10 bits per heavy atom. The van der Waals surface area contributed by atoms with Crippen LogP contribution in [-0.2, 0) is 9.59 Å². The lowest BCUT2D eigenvalue weighted by atomic mass is 9.88. The van der Waals surface area contributed by atoms with E-state index in [-0.39, 0.29) is 22.8 Å². The molecule has 0 saturated heterocycles. The van der Waals surface area contributed by atoms with Crippen molar-refractivity contribution < 1.29 is 18.4 Å². The maximum Gasteiger partial charge on any atom is 0.144 e. The summed E-state index contributed by atoms with van der Waals surface area (Å²) < 4.78 is 26.9. The van der Waals surface area contributed by atoms with E-state index in [0.717, 1.165) is 12.1 Å². The minimum atomic E-state index is -1.00. The summed E-state index contributed by atoms with van der Waals surface area (Å²) in [6.07, 6.45) is 1.43. The summed E-state index contributed by atoms with van der Waals surface area (Å²) in [6.45, 7) is 2.59. The first-order valence-electron chi connectivity index (χ1n) is 6.33. The van der Waals surface area contributed by atoms with E-state index in [2.05, 4.69) is 4.98 Å². The van der Waals surface area contributed by atoms with Crippen molar-refractivity contribution in [2.24, 2.45) is 0 Å². The molecule has 1 heterocycles. The Kier molecular flexibility index (Phi) is 4.21. The predicted octanol–water partition coefficient (Wildman–Crippen LogP) is 3.29. The van der Waals surface area contributed by atoms with Crippen LogP contribution in [0.1, 0.15) is 25.3 Å². The lowest BCUT2D eigenvalue weighted by Gasteiger charge is -2.15. The van der Waals surface area contributed by atoms with Crippen LogP contribution >= 0.6 is 0 Å². The highest BCUT2D eigenvalue weighted by molar-refractivity contribution is 6.06. The van der Waals surface area contributed by atoms with Gasteiger partial charge in [-0.15, -0.1) is 0 Å². The second-order valence-electron chi connectivity index (χ2n) is 4.72. The number of nitrogens with zero attached hydrogens (tertiary/aromatic N) is 1. The standard InChI is InChI=1S/C16H13F2NO2/c1-9(20)15(10(2)21)13-4-3-7-19-16(13)12-6-5-11(17)8-14(12)18/h3-8,15H,1-2H3. The molecule has 0 unspecified atom stereocenters. The number of carbonyl (C=O) groups excluding carboxylic acids is 2. The minimum Gasteiger partial charge on any atom is -0.299 e. The molecule has 0 aliphatic carbocycles. The van der Waals surface area contributed by atoms with Crippen molar-refractivity contribution in [3.8, 4) is 11.3 Å². The van der Waals surface area contributed by atoms with Crippen molar-refractivity contribution in [3.05, 3.63) is 53.7 Å². The molecule has 1 aromatic carbocycles. The molecule has 2 aromatic rings. The second kappa shape index (κ2) is 5.91. The summed E-state index contributed by atoms with van der Waals surface area (Å²) >= 11 is 0. The topological polar surface area (TPSA) is 47.0 Å². The molecular formula is C16H13F2NO2. The number of Topliss-reactive ketones (excluding diaryl/α,β-unsaturated/α-hetero) is 2. The number of hydrogen-bond acceptors (Lipinski definition) is 3. The largest absolute Gasteiger partial charge is 0.299 e. The van der Waals surface area contributed by atoms with E-state index in [0.29, 0.717) is 5.56 Å². The van der Waals surface area contributed by atoms with Crippen molar-refractivity contribution in [1.82, 2.24) is 4.98 Å². The van der Waals surface area contributed by atoms with E-state index >= 15 is 0 Å². The van der Waals surface area contributed by atoms with Crippen molar-refractivity contribution in [1.29, 1.82) is 0 Å². The summed E-state index contributed by atoms with van der Waals surface area (Å²) in [5, 5.41) is 0. The van der Waals surface area contributed by atoms with E-state index in [1.165, 1.54) is 26.1 Å². The zero-order valence-electron chi connectivity index (χ0n) is 11.6. The first kappa shape index (κ1) is 15.0. The van der Waals surface area contributed by atoms with Gasteiger partial charge >= 0.3 is 0 Å². The van der Waals surface area contributed by atoms with Crippen LogP contribution in [-0.4, -0.2) is 16.6 Å². The molecule has 0 bridgehead atoms. The average Bonchev–Trinajstić information content (AvgIpc) is 2.39. The van der Waals surface area contributed by atoms with Gasteiger partial charge in [-0.25, -0.2) is 8.78 Å². The quantitative estimate of drug-likeness (QED) is 0.811. The number of pyridine rings is 1. The Bertz CT molecular complexity index is 699. The van der Waals surface area contributed by atoms with Gasteiger partial charge in [0.1, 0.15) is 29.1 Å². The van der Waals surface area contributed by atoms with Gasteiger partial charge in [-0.3, -0.25) is 14.6 Å². The smallest absolute Gasteiger partial charge is 0.144 e. The molecule has 0 amide bonds. The fourth-order valence-corrected chi connectivity index (χ4v) is 2.28. The highest BCUT2D eigenvalue weighted by atomic mass is 19.1. The maximum absolute atomic E-state index is 13.9. The Labute approximate surface area is 120 Å². The van der Waals surface area contributed by atoms with Gasteiger partial charge < -0.3 is 0 Å². The molecule has 0 fully saturated rings. The molecule has 21 heavy (non-hydrogen) atoms. The van der Waals surface area contributed by atoms with Gasteiger partial charge in [0.25, 0.3) is 0 Å². The van der Waals surface area contributed by atoms with Gasteiger partial charge in [0, 0.05) is 17.8 Å². The summed E-state index contributed by atoms with van der Waals surface area (Å²) in [5.41, 5.74) is 0.549. The number of rotatable bonds is 4. The molecule has 0 aliphatic rings. The fourth-order valence-electron chi connectivity index (χ4n) is 2.28. The molecule has 0 N–H and O–H groups in total. The summed E-state index contributed by atoms with van der Waals surface area (Å²) in [6, 6.07) is 6.21. The van der Waals surface area contributed by atoms with Crippen LogP contribution in [0.5, 0.6) is 0 Å². The normalized spacial score (nSPS) is 10.7. The lowest BCUT2D eigenvalue weighted by Crippen LogP contribution is -2.18. The van der Waals surface area contributed by atoms with Gasteiger partial charge in [0.05, 0.1) is 5.69 Å². The molecule has 0 radical (unpaired) electrons. The number of hydrogen-bond donors (Lipinski definition) is 0. The molecule has 0 atom stereocenters. The van der Waals surface area contributed by atoms with Gasteiger partial charge in [0.15, 0.2) is 0 Å². The van der Waals surface area contributed by atoms with Crippen LogP contribution in [0, 0.1) is 11.6 Å². The number of aromatic nitrogens is 1. The van der Waals surface area contributed by atoms with Crippen molar-refractivity contribution in [2.45, 2.75) is 19.8 Å². The lowest BCUT2D eigenvalue weighted by molar-refractivity contribution is -0.126. The van der Waals surface area contributed by atoms with E-state index in [4.69, 9.17) is 0 Å². The van der Waals surface area contributed by atoms with E-state index < -0.39 is 17.6 Å². The molecular weight excluding hydrogens is 276 g/mol. The van der Waals surface area contributed by atoms with Gasteiger partial charge in [-0.05, 0) is 37.6 Å². The molecule has 108 valence electrons. The third-order valence-corrected chi connectivity index (χ3v) is 3.15. The Morgan fingerprint density at radius 2 is 1.76 bits per heavy atom. The molecule has 3 nitrogen and oxygen atoms in total. The maximum atomic E-state index is 13.9. The monoisotopic (exact) mass is 289 g/mol. The highest BCUT2D eigenvalue weighted by Gasteiger charge is 2.26. The fraction of sp³-hybridized carbons (Fsp3) is 0.188.